The fraction of sp³-hybridized carbons (Fsp3) is 0.500. The summed E-state index contributed by atoms with van der Waals surface area (Å²) in [6.07, 6.45) is 4.70. The average molecular weight is 344 g/mol. The number of carbonyl (C=O) groups excluding carboxylic acids is 1. The number of halogens is 1. The van der Waals surface area contributed by atoms with E-state index in [1.807, 2.05) is 17.5 Å². The molecule has 1 atom stereocenters. The summed E-state index contributed by atoms with van der Waals surface area (Å²) in [4.78, 5) is 13.3. The normalized spacial score (nSPS) is 11.7. The summed E-state index contributed by atoms with van der Waals surface area (Å²) < 4.78 is 1.67. The van der Waals surface area contributed by atoms with Gasteiger partial charge in [0.15, 0.2) is 5.69 Å². The zero-order valence-corrected chi connectivity index (χ0v) is 14.2. The molecule has 0 saturated carbocycles. The number of nitrogens with zero attached hydrogens (tertiary/aromatic N) is 3. The van der Waals surface area contributed by atoms with E-state index in [0.29, 0.717) is 18.8 Å². The first kappa shape index (κ1) is 18.6. The molecule has 0 spiro atoms. The highest BCUT2D eigenvalue weighted by atomic mass is 35.5. The second kappa shape index (κ2) is 9.55. The summed E-state index contributed by atoms with van der Waals surface area (Å²) in [5, 5.41) is 12.8. The number of hydrogen-bond donors (Lipinski definition) is 2. The van der Waals surface area contributed by atoms with Crippen LogP contribution in [0.25, 0.3) is 0 Å². The molecule has 1 amide bonds. The van der Waals surface area contributed by atoms with Crippen molar-refractivity contribution in [1.82, 2.24) is 20.3 Å². The van der Waals surface area contributed by atoms with Crippen LogP contribution in [0.4, 0.5) is 0 Å². The molecule has 6 nitrogen and oxygen atoms in total. The SMILES string of the molecule is CCCCC(CN)NC(=O)c1cn(Cc2cccs2)nn1.Cl. The number of carbonyl (C=O) groups is 1. The zero-order chi connectivity index (χ0) is 15.1. The fourth-order valence-corrected chi connectivity index (χ4v) is 2.70. The Hall–Kier alpha value is -1.44. The molecule has 8 heteroatoms. The third-order valence-electron chi connectivity index (χ3n) is 3.20. The molecule has 0 aliphatic heterocycles. The van der Waals surface area contributed by atoms with Crippen molar-refractivity contribution in [1.29, 1.82) is 0 Å². The van der Waals surface area contributed by atoms with E-state index < -0.39 is 0 Å². The molecule has 0 radical (unpaired) electrons. The Bertz CT molecular complexity index is 557. The van der Waals surface area contributed by atoms with Crippen molar-refractivity contribution in [3.63, 3.8) is 0 Å². The first-order valence-electron chi connectivity index (χ1n) is 7.16. The first-order valence-corrected chi connectivity index (χ1v) is 8.04. The minimum atomic E-state index is -0.209. The molecule has 1 unspecified atom stereocenters. The zero-order valence-electron chi connectivity index (χ0n) is 12.6. The summed E-state index contributed by atoms with van der Waals surface area (Å²) >= 11 is 1.65. The molecule has 0 fully saturated rings. The standard InChI is InChI=1S/C14H21N5OS.ClH/c1-2-3-5-11(8-15)16-14(20)13-10-19(18-17-13)9-12-6-4-7-21-12;/h4,6-7,10-11H,2-3,5,8-9,15H2,1H3,(H,16,20);1H. The third-order valence-corrected chi connectivity index (χ3v) is 4.06. The lowest BCUT2D eigenvalue weighted by Gasteiger charge is -2.15. The van der Waals surface area contributed by atoms with E-state index in [1.165, 1.54) is 4.88 Å². The van der Waals surface area contributed by atoms with Crippen molar-refractivity contribution >= 4 is 29.7 Å². The quantitative estimate of drug-likeness (QED) is 0.768. The molecule has 0 bridgehead atoms. The minimum absolute atomic E-state index is 0. The first-order chi connectivity index (χ1) is 10.2. The molecule has 0 aliphatic rings. The third kappa shape index (κ3) is 5.40. The molecular weight excluding hydrogens is 322 g/mol. The Balaban J connectivity index is 0.00000242. The van der Waals surface area contributed by atoms with Gasteiger partial charge in [0.2, 0.25) is 0 Å². The molecule has 2 rings (SSSR count). The molecule has 122 valence electrons. The summed E-state index contributed by atoms with van der Waals surface area (Å²) in [6, 6.07) is 4.02. The van der Waals surface area contributed by atoms with Gasteiger partial charge in [0.25, 0.3) is 5.91 Å². The van der Waals surface area contributed by atoms with Crippen LogP contribution in [0.2, 0.25) is 0 Å². The van der Waals surface area contributed by atoms with Gasteiger partial charge in [-0.25, -0.2) is 4.68 Å². The van der Waals surface area contributed by atoms with Crippen LogP contribution in [0.5, 0.6) is 0 Å². The smallest absolute Gasteiger partial charge is 0.273 e. The largest absolute Gasteiger partial charge is 0.347 e. The molecule has 2 aromatic heterocycles. The van der Waals surface area contributed by atoms with Crippen molar-refractivity contribution in [2.24, 2.45) is 5.73 Å². The predicted octanol–water partition coefficient (Wildman–Crippen LogP) is 2.06. The van der Waals surface area contributed by atoms with E-state index in [0.717, 1.165) is 19.3 Å². The molecule has 22 heavy (non-hydrogen) atoms. The van der Waals surface area contributed by atoms with Crippen molar-refractivity contribution in [2.45, 2.75) is 38.8 Å². The van der Waals surface area contributed by atoms with E-state index in [2.05, 4.69) is 22.6 Å². The van der Waals surface area contributed by atoms with E-state index in [9.17, 15) is 4.79 Å². The second-order valence-electron chi connectivity index (χ2n) is 4.93. The summed E-state index contributed by atoms with van der Waals surface area (Å²) in [7, 11) is 0. The maximum absolute atomic E-state index is 12.1. The lowest BCUT2D eigenvalue weighted by Crippen LogP contribution is -2.40. The van der Waals surface area contributed by atoms with Crippen LogP contribution in [-0.2, 0) is 6.54 Å². The van der Waals surface area contributed by atoms with Gasteiger partial charge in [0.1, 0.15) is 0 Å². The molecule has 3 N–H and O–H groups in total. The molecule has 0 aliphatic carbocycles. The summed E-state index contributed by atoms with van der Waals surface area (Å²) in [5.41, 5.74) is 6.02. The summed E-state index contributed by atoms with van der Waals surface area (Å²) in [5.74, 6) is -0.209. The van der Waals surface area contributed by atoms with Gasteiger partial charge in [-0.15, -0.1) is 28.8 Å². The Labute approximate surface area is 140 Å². The van der Waals surface area contributed by atoms with Crippen molar-refractivity contribution < 1.29 is 4.79 Å². The van der Waals surface area contributed by atoms with Crippen LogP contribution in [0.1, 0.15) is 41.6 Å². The molecule has 2 aromatic rings. The van der Waals surface area contributed by atoms with Crippen LogP contribution in [0, 0.1) is 0 Å². The van der Waals surface area contributed by atoms with E-state index in [1.54, 1.807) is 22.2 Å². The highest BCUT2D eigenvalue weighted by Gasteiger charge is 2.15. The minimum Gasteiger partial charge on any atom is -0.347 e. The lowest BCUT2D eigenvalue weighted by molar-refractivity contribution is 0.0930. The number of thiophene rings is 1. The summed E-state index contributed by atoms with van der Waals surface area (Å²) in [6.45, 7) is 3.19. The van der Waals surface area contributed by atoms with Gasteiger partial charge in [-0.2, -0.15) is 0 Å². The number of unbranched alkanes of at least 4 members (excludes halogenated alkanes) is 1. The Kier molecular flexibility index (Phi) is 8.08. The van der Waals surface area contributed by atoms with Gasteiger partial charge in [-0.1, -0.05) is 31.0 Å². The van der Waals surface area contributed by atoms with Crippen LogP contribution >= 0.6 is 23.7 Å². The maximum Gasteiger partial charge on any atom is 0.273 e. The van der Waals surface area contributed by atoms with Gasteiger partial charge >= 0.3 is 0 Å². The number of hydrogen-bond acceptors (Lipinski definition) is 5. The van der Waals surface area contributed by atoms with Gasteiger partial charge in [-0.3, -0.25) is 4.79 Å². The number of amides is 1. The van der Waals surface area contributed by atoms with Crippen LogP contribution in [0.15, 0.2) is 23.7 Å². The Morgan fingerprint density at radius 1 is 1.55 bits per heavy atom. The lowest BCUT2D eigenvalue weighted by atomic mass is 10.1. The number of rotatable bonds is 8. The van der Waals surface area contributed by atoms with Crippen LogP contribution < -0.4 is 11.1 Å². The van der Waals surface area contributed by atoms with Gasteiger partial charge < -0.3 is 11.1 Å². The number of aromatic nitrogens is 3. The van der Waals surface area contributed by atoms with Gasteiger partial charge in [0.05, 0.1) is 12.7 Å². The Morgan fingerprint density at radius 2 is 2.36 bits per heavy atom. The maximum atomic E-state index is 12.1. The second-order valence-corrected chi connectivity index (χ2v) is 5.96. The molecule has 0 aromatic carbocycles. The monoisotopic (exact) mass is 343 g/mol. The van der Waals surface area contributed by atoms with Crippen LogP contribution in [-0.4, -0.2) is 33.5 Å². The van der Waals surface area contributed by atoms with Crippen molar-refractivity contribution in [3.8, 4) is 0 Å². The molecular formula is C14H22ClN5OS. The molecule has 0 saturated heterocycles. The fourth-order valence-electron chi connectivity index (χ4n) is 2.00. The predicted molar refractivity (Wildman–Crippen MR) is 90.5 cm³/mol. The number of nitrogens with two attached hydrogens (primary N) is 1. The van der Waals surface area contributed by atoms with Gasteiger partial charge in [0, 0.05) is 17.5 Å². The van der Waals surface area contributed by atoms with Crippen molar-refractivity contribution in [3.05, 3.63) is 34.3 Å². The average Bonchev–Trinajstić information content (AvgIpc) is 3.15. The Morgan fingerprint density at radius 3 is 3.00 bits per heavy atom. The number of nitrogens with one attached hydrogen (secondary N) is 1. The van der Waals surface area contributed by atoms with E-state index >= 15 is 0 Å². The van der Waals surface area contributed by atoms with Gasteiger partial charge in [-0.05, 0) is 17.9 Å². The highest BCUT2D eigenvalue weighted by molar-refractivity contribution is 7.09. The van der Waals surface area contributed by atoms with Crippen molar-refractivity contribution in [2.75, 3.05) is 6.54 Å². The topological polar surface area (TPSA) is 85.8 Å². The molecule has 2 heterocycles. The van der Waals surface area contributed by atoms with E-state index in [4.69, 9.17) is 5.73 Å². The van der Waals surface area contributed by atoms with Crippen LogP contribution in [0.3, 0.4) is 0 Å². The highest BCUT2D eigenvalue weighted by Crippen LogP contribution is 2.10. The van der Waals surface area contributed by atoms with E-state index in [-0.39, 0.29) is 24.4 Å².